The summed E-state index contributed by atoms with van der Waals surface area (Å²) in [5, 5.41) is 23.4. The predicted octanol–water partition coefficient (Wildman–Crippen LogP) is 2.36. The number of rotatable bonds is 10. The van der Waals surface area contributed by atoms with E-state index >= 15 is 0 Å². The molecule has 0 spiro atoms. The van der Waals surface area contributed by atoms with Crippen LogP contribution in [-0.4, -0.2) is 66.8 Å². The van der Waals surface area contributed by atoms with E-state index in [1.54, 1.807) is 0 Å². The van der Waals surface area contributed by atoms with E-state index in [0.717, 1.165) is 11.1 Å². The smallest absolute Gasteiger partial charge is 0.243 e. The first-order valence-electron chi connectivity index (χ1n) is 14.7. The van der Waals surface area contributed by atoms with Crippen molar-refractivity contribution in [2.45, 2.75) is 77.6 Å². The van der Waals surface area contributed by atoms with Crippen LogP contribution in [0.4, 0.5) is 0 Å². The van der Waals surface area contributed by atoms with E-state index in [-0.39, 0.29) is 36.6 Å². The summed E-state index contributed by atoms with van der Waals surface area (Å²) in [5.41, 5.74) is 1.91. The van der Waals surface area contributed by atoms with Gasteiger partial charge in [-0.25, -0.2) is 0 Å². The quantitative estimate of drug-likeness (QED) is 0.300. The lowest BCUT2D eigenvalue weighted by Gasteiger charge is -2.29. The van der Waals surface area contributed by atoms with Gasteiger partial charge in [0.25, 0.3) is 0 Å². The first-order chi connectivity index (χ1) is 19.6. The van der Waals surface area contributed by atoms with Gasteiger partial charge in [0.1, 0.15) is 11.8 Å². The molecule has 224 valence electrons. The van der Waals surface area contributed by atoms with Crippen LogP contribution in [-0.2, 0) is 27.2 Å². The number of amides is 3. The van der Waals surface area contributed by atoms with Gasteiger partial charge in [-0.2, -0.15) is 0 Å². The fraction of sp³-hybridized carbons (Fsp3) is 0.531. The second-order valence-corrected chi connectivity index (χ2v) is 11.6. The zero-order valence-electron chi connectivity index (χ0n) is 24.7. The molecule has 5 N–H and O–H groups in total. The average Bonchev–Trinajstić information content (AvgIpc) is 2.95. The van der Waals surface area contributed by atoms with Crippen molar-refractivity contribution < 1.29 is 24.2 Å². The molecule has 0 aliphatic carbocycles. The summed E-state index contributed by atoms with van der Waals surface area (Å²) >= 11 is 0. The van der Waals surface area contributed by atoms with E-state index in [1.807, 2.05) is 82.3 Å². The highest BCUT2D eigenvalue weighted by Gasteiger charge is 2.30. The first kappa shape index (κ1) is 32.1. The van der Waals surface area contributed by atoms with Crippen LogP contribution in [0.5, 0.6) is 5.75 Å². The van der Waals surface area contributed by atoms with Crippen molar-refractivity contribution in [3.8, 4) is 5.75 Å². The lowest BCUT2D eigenvalue weighted by Crippen LogP contribution is -2.57. The van der Waals surface area contributed by atoms with Crippen molar-refractivity contribution in [1.82, 2.24) is 21.3 Å². The zero-order chi connectivity index (χ0) is 29.8. The molecular formula is C32H46N4O5. The normalized spacial score (nSPS) is 19.9. The first-order valence-corrected chi connectivity index (χ1v) is 14.7. The maximum absolute atomic E-state index is 13.4. The Morgan fingerprint density at radius 3 is 2.37 bits per heavy atom. The molecule has 0 aromatic heterocycles. The van der Waals surface area contributed by atoms with Gasteiger partial charge in [0.05, 0.1) is 24.8 Å². The molecule has 0 fully saturated rings. The standard InChI is InChI=1S/C32H46N4O5/c1-21(2)19-34-31(39)27(18-23-9-6-5-7-10-23)33-20-28(37)26-17-24-12-14-25(15-13-24)41-16-8-11-29(38)36-30(22(3)4)32(40)35-26/h5-7,9-10,12-15,21-22,26-28,30,33,37H,8,11,16-20H2,1-4H3,(H,34,39)(H,35,40)(H,36,38)/t26-,27+,28?,30+/m1/s1. The molecule has 2 heterocycles. The van der Waals surface area contributed by atoms with Gasteiger partial charge in [0.2, 0.25) is 17.7 Å². The number of nitrogens with one attached hydrogen (secondary N) is 4. The minimum atomic E-state index is -1.01. The lowest BCUT2D eigenvalue weighted by molar-refractivity contribution is -0.131. The second kappa shape index (κ2) is 16.1. The van der Waals surface area contributed by atoms with Crippen LogP contribution in [0.2, 0.25) is 0 Å². The van der Waals surface area contributed by atoms with Gasteiger partial charge >= 0.3 is 0 Å². The van der Waals surface area contributed by atoms with Crippen molar-refractivity contribution >= 4 is 17.7 Å². The summed E-state index contributed by atoms with van der Waals surface area (Å²) < 4.78 is 5.76. The van der Waals surface area contributed by atoms with Crippen LogP contribution in [0.25, 0.3) is 0 Å². The lowest BCUT2D eigenvalue weighted by atomic mass is 9.97. The Balaban J connectivity index is 1.79. The third kappa shape index (κ3) is 10.8. The Kier molecular flexibility index (Phi) is 12.6. The Bertz CT molecular complexity index is 1110. The van der Waals surface area contributed by atoms with Crippen LogP contribution >= 0.6 is 0 Å². The number of carbonyl (C=O) groups excluding carboxylic acids is 3. The molecule has 2 aliphatic rings. The molecule has 3 amide bonds. The summed E-state index contributed by atoms with van der Waals surface area (Å²) in [5.74, 6) is 0.137. The van der Waals surface area contributed by atoms with Gasteiger partial charge in [0, 0.05) is 19.5 Å². The summed E-state index contributed by atoms with van der Waals surface area (Å²) in [4.78, 5) is 39.0. The summed E-state index contributed by atoms with van der Waals surface area (Å²) in [6.45, 7) is 8.84. The SMILES string of the molecule is CC(C)CNC(=O)[C@H](Cc1ccccc1)NCC(O)[C@H]1Cc2ccc(cc2)OCCCC(=O)N[C@@H](C(C)C)C(=O)N1. The molecule has 1 unspecified atom stereocenters. The Morgan fingerprint density at radius 2 is 1.71 bits per heavy atom. The average molecular weight is 567 g/mol. The molecule has 0 saturated heterocycles. The van der Waals surface area contributed by atoms with E-state index in [1.165, 1.54) is 0 Å². The second-order valence-electron chi connectivity index (χ2n) is 11.6. The summed E-state index contributed by atoms with van der Waals surface area (Å²) in [6.07, 6.45) is 0.576. The molecule has 9 heteroatoms. The van der Waals surface area contributed by atoms with E-state index in [2.05, 4.69) is 21.3 Å². The van der Waals surface area contributed by atoms with Gasteiger partial charge in [-0.1, -0.05) is 70.2 Å². The van der Waals surface area contributed by atoms with Crippen LogP contribution in [0.15, 0.2) is 54.6 Å². The molecule has 2 aromatic carbocycles. The summed E-state index contributed by atoms with van der Waals surface area (Å²) in [6, 6.07) is 15.3. The van der Waals surface area contributed by atoms with Gasteiger partial charge in [-0.05, 0) is 54.4 Å². The Hall–Kier alpha value is -3.43. The molecule has 2 aliphatic heterocycles. The number of hydrogen-bond donors (Lipinski definition) is 5. The van der Waals surface area contributed by atoms with E-state index in [9.17, 15) is 19.5 Å². The summed E-state index contributed by atoms with van der Waals surface area (Å²) in [7, 11) is 0. The van der Waals surface area contributed by atoms with Gasteiger partial charge in [-0.15, -0.1) is 0 Å². The number of hydrogen-bond acceptors (Lipinski definition) is 6. The molecule has 0 radical (unpaired) electrons. The van der Waals surface area contributed by atoms with Crippen LogP contribution < -0.4 is 26.0 Å². The fourth-order valence-electron chi connectivity index (χ4n) is 4.68. The number of ether oxygens (including phenoxy) is 1. The van der Waals surface area contributed by atoms with E-state index in [4.69, 9.17) is 4.74 Å². The van der Waals surface area contributed by atoms with Crippen molar-refractivity contribution in [2.24, 2.45) is 11.8 Å². The van der Waals surface area contributed by atoms with Gasteiger partial charge in [-0.3, -0.25) is 14.4 Å². The van der Waals surface area contributed by atoms with Crippen LogP contribution in [0.3, 0.4) is 0 Å². The number of carbonyl (C=O) groups is 3. The molecular weight excluding hydrogens is 520 g/mol. The van der Waals surface area contributed by atoms with Crippen molar-refractivity contribution in [3.63, 3.8) is 0 Å². The predicted molar refractivity (Wildman–Crippen MR) is 159 cm³/mol. The Morgan fingerprint density at radius 1 is 1.00 bits per heavy atom. The van der Waals surface area contributed by atoms with Crippen molar-refractivity contribution in [2.75, 3.05) is 19.7 Å². The number of benzene rings is 2. The molecule has 0 saturated carbocycles. The third-order valence-corrected chi connectivity index (χ3v) is 7.11. The van der Waals surface area contributed by atoms with Crippen LogP contribution in [0, 0.1) is 11.8 Å². The number of aliphatic hydroxyl groups excluding tert-OH is 1. The number of fused-ring (bicyclic) bond motifs is 12. The maximum atomic E-state index is 13.4. The van der Waals surface area contributed by atoms with E-state index in [0.29, 0.717) is 44.1 Å². The topological polar surface area (TPSA) is 129 Å². The minimum Gasteiger partial charge on any atom is -0.494 e. The highest BCUT2D eigenvalue weighted by atomic mass is 16.5. The maximum Gasteiger partial charge on any atom is 0.243 e. The molecule has 4 atom stereocenters. The zero-order valence-corrected chi connectivity index (χ0v) is 24.7. The largest absolute Gasteiger partial charge is 0.494 e. The molecule has 2 aromatic rings. The van der Waals surface area contributed by atoms with Crippen LogP contribution in [0.1, 0.15) is 51.7 Å². The molecule has 41 heavy (non-hydrogen) atoms. The highest BCUT2D eigenvalue weighted by Crippen LogP contribution is 2.16. The molecule has 2 bridgehead atoms. The highest BCUT2D eigenvalue weighted by molar-refractivity contribution is 5.88. The molecule has 4 rings (SSSR count). The minimum absolute atomic E-state index is 0.0808. The van der Waals surface area contributed by atoms with Crippen molar-refractivity contribution in [1.29, 1.82) is 0 Å². The van der Waals surface area contributed by atoms with Crippen molar-refractivity contribution in [3.05, 3.63) is 65.7 Å². The third-order valence-electron chi connectivity index (χ3n) is 7.11. The molecule has 9 nitrogen and oxygen atoms in total. The van der Waals surface area contributed by atoms with Gasteiger partial charge < -0.3 is 31.1 Å². The monoisotopic (exact) mass is 566 g/mol. The fourth-order valence-corrected chi connectivity index (χ4v) is 4.68. The number of aliphatic hydroxyl groups is 1. The van der Waals surface area contributed by atoms with Gasteiger partial charge in [0.15, 0.2) is 0 Å². The Labute approximate surface area is 243 Å². The van der Waals surface area contributed by atoms with E-state index < -0.39 is 24.2 Å².